The molecule has 0 bridgehead atoms. The maximum Gasteiger partial charge on any atom is 0.262 e. The summed E-state index contributed by atoms with van der Waals surface area (Å²) in [7, 11) is 1.53. The van der Waals surface area contributed by atoms with Crippen molar-refractivity contribution in [1.29, 1.82) is 0 Å². The van der Waals surface area contributed by atoms with Gasteiger partial charge in [0.1, 0.15) is 22.8 Å². The lowest BCUT2D eigenvalue weighted by atomic mass is 9.96. The van der Waals surface area contributed by atoms with Crippen molar-refractivity contribution < 1.29 is 23.5 Å². The van der Waals surface area contributed by atoms with E-state index < -0.39 is 0 Å². The van der Waals surface area contributed by atoms with Crippen molar-refractivity contribution in [2.24, 2.45) is 0 Å². The van der Waals surface area contributed by atoms with Crippen LogP contribution in [0.25, 0.3) is 11.0 Å². The van der Waals surface area contributed by atoms with Crippen molar-refractivity contribution in [3.8, 4) is 11.5 Å². The van der Waals surface area contributed by atoms with Crippen LogP contribution < -0.4 is 20.1 Å². The highest BCUT2D eigenvalue weighted by molar-refractivity contribution is 5.99. The fourth-order valence-corrected chi connectivity index (χ4v) is 3.72. The Morgan fingerprint density at radius 3 is 2.60 bits per heavy atom. The van der Waals surface area contributed by atoms with Crippen molar-refractivity contribution >= 4 is 34.2 Å². The summed E-state index contributed by atoms with van der Waals surface area (Å²) in [5.74, 6) is 1.66. The molecule has 1 aromatic heterocycles. The third-order valence-electron chi connectivity index (χ3n) is 5.11. The number of methoxy groups -OCH3 is 1. The average Bonchev–Trinajstić information content (AvgIpc) is 3.11. The molecule has 0 radical (unpaired) electrons. The number of ether oxygens (including phenoxy) is 2. The molecule has 0 spiro atoms. The first-order valence-corrected chi connectivity index (χ1v) is 9.96. The Morgan fingerprint density at radius 2 is 1.80 bits per heavy atom. The van der Waals surface area contributed by atoms with Crippen LogP contribution in [0.2, 0.25) is 0 Å². The van der Waals surface area contributed by atoms with Gasteiger partial charge in [0.2, 0.25) is 5.91 Å². The van der Waals surface area contributed by atoms with Gasteiger partial charge >= 0.3 is 0 Å². The van der Waals surface area contributed by atoms with Gasteiger partial charge < -0.3 is 24.5 Å². The van der Waals surface area contributed by atoms with Crippen molar-refractivity contribution in [3.63, 3.8) is 0 Å². The van der Waals surface area contributed by atoms with E-state index >= 15 is 0 Å². The third kappa shape index (κ3) is 4.25. The summed E-state index contributed by atoms with van der Waals surface area (Å²) in [6.45, 7) is 1.24. The molecule has 7 nitrogen and oxygen atoms in total. The molecule has 4 rings (SSSR count). The Balaban J connectivity index is 1.45. The Bertz CT molecular complexity index is 1100. The van der Waals surface area contributed by atoms with Gasteiger partial charge in [0.05, 0.1) is 18.5 Å². The van der Waals surface area contributed by atoms with Crippen LogP contribution in [-0.4, -0.2) is 25.5 Å². The van der Waals surface area contributed by atoms with Crippen LogP contribution >= 0.6 is 0 Å². The summed E-state index contributed by atoms with van der Waals surface area (Å²) in [6, 6.07) is 10.7. The van der Waals surface area contributed by atoms with Crippen LogP contribution in [0.3, 0.4) is 0 Å². The Hall–Kier alpha value is -3.48. The number of amides is 2. The molecule has 0 saturated heterocycles. The summed E-state index contributed by atoms with van der Waals surface area (Å²) in [6.07, 6.45) is 4.29. The maximum absolute atomic E-state index is 12.5. The highest BCUT2D eigenvalue weighted by Gasteiger charge is 2.18. The molecule has 2 amide bonds. The second-order valence-electron chi connectivity index (χ2n) is 7.30. The minimum atomic E-state index is -0.343. The normalized spacial score (nSPS) is 12.9. The first-order valence-electron chi connectivity index (χ1n) is 9.96. The van der Waals surface area contributed by atoms with E-state index in [4.69, 9.17) is 13.9 Å². The fourth-order valence-electron chi connectivity index (χ4n) is 3.72. The molecular weight excluding hydrogens is 384 g/mol. The molecule has 2 aromatic carbocycles. The highest BCUT2D eigenvalue weighted by Crippen LogP contribution is 2.34. The van der Waals surface area contributed by atoms with Crippen LogP contribution in [0, 0.1) is 0 Å². The molecule has 0 unspecified atom stereocenters. The van der Waals surface area contributed by atoms with Gasteiger partial charge in [-0.2, -0.15) is 0 Å². The Morgan fingerprint density at radius 1 is 1.00 bits per heavy atom. The lowest BCUT2D eigenvalue weighted by Crippen LogP contribution is -2.21. The number of fused-ring (bicyclic) bond motifs is 3. The van der Waals surface area contributed by atoms with Gasteiger partial charge in [-0.3, -0.25) is 9.59 Å². The number of benzene rings is 2. The zero-order chi connectivity index (χ0) is 21.1. The SMILES string of the molecule is COc1ccc(NC(C)=O)c(NC(=O)COc2ccc3oc4c(c3c2)CCCC4)c1. The van der Waals surface area contributed by atoms with E-state index in [1.165, 1.54) is 19.6 Å². The molecular formula is C23H24N2O5. The highest BCUT2D eigenvalue weighted by atomic mass is 16.5. The number of anilines is 2. The quantitative estimate of drug-likeness (QED) is 0.635. The molecule has 30 heavy (non-hydrogen) atoms. The first kappa shape index (κ1) is 19.8. The molecule has 1 heterocycles. The minimum absolute atomic E-state index is 0.164. The molecule has 7 heteroatoms. The van der Waals surface area contributed by atoms with Crippen molar-refractivity contribution in [3.05, 3.63) is 47.7 Å². The van der Waals surface area contributed by atoms with Gasteiger partial charge in [0.15, 0.2) is 6.61 Å². The standard InChI is InChI=1S/C23H24N2O5/c1-14(26)24-19-9-7-15(28-2)12-20(19)25-23(27)13-29-16-8-10-22-18(11-16)17-5-3-4-6-21(17)30-22/h7-12H,3-6,13H2,1-2H3,(H,24,26)(H,25,27). The smallest absolute Gasteiger partial charge is 0.262 e. The number of carbonyl (C=O) groups excluding carboxylic acids is 2. The molecule has 3 aromatic rings. The largest absolute Gasteiger partial charge is 0.497 e. The zero-order valence-electron chi connectivity index (χ0n) is 17.0. The lowest BCUT2D eigenvalue weighted by molar-refractivity contribution is -0.118. The molecule has 0 atom stereocenters. The van der Waals surface area contributed by atoms with E-state index in [1.54, 1.807) is 24.3 Å². The molecule has 0 aliphatic heterocycles. The van der Waals surface area contributed by atoms with Gasteiger partial charge in [-0.1, -0.05) is 0 Å². The van der Waals surface area contributed by atoms with Crippen LogP contribution in [0.4, 0.5) is 11.4 Å². The molecule has 2 N–H and O–H groups in total. The second kappa shape index (κ2) is 8.49. The summed E-state index contributed by atoms with van der Waals surface area (Å²) >= 11 is 0. The predicted molar refractivity (Wildman–Crippen MR) is 114 cm³/mol. The number of aryl methyl sites for hydroxylation is 2. The van der Waals surface area contributed by atoms with Gasteiger partial charge in [-0.15, -0.1) is 0 Å². The van der Waals surface area contributed by atoms with Crippen LogP contribution in [0.1, 0.15) is 31.1 Å². The molecule has 1 aliphatic carbocycles. The van der Waals surface area contributed by atoms with E-state index in [0.29, 0.717) is 22.9 Å². The second-order valence-corrected chi connectivity index (χ2v) is 7.30. The Labute approximate surface area is 174 Å². The van der Waals surface area contributed by atoms with Crippen LogP contribution in [0.15, 0.2) is 40.8 Å². The van der Waals surface area contributed by atoms with Crippen molar-refractivity contribution in [2.75, 3.05) is 24.4 Å². The van der Waals surface area contributed by atoms with E-state index in [9.17, 15) is 9.59 Å². The number of hydrogen-bond donors (Lipinski definition) is 2. The van der Waals surface area contributed by atoms with Gasteiger partial charge in [-0.25, -0.2) is 0 Å². The molecule has 156 valence electrons. The number of rotatable bonds is 6. The fraction of sp³-hybridized carbons (Fsp3) is 0.304. The van der Waals surface area contributed by atoms with Crippen LogP contribution in [0.5, 0.6) is 11.5 Å². The molecule has 1 aliphatic rings. The first-order chi connectivity index (χ1) is 14.5. The number of nitrogens with one attached hydrogen (secondary N) is 2. The predicted octanol–water partition coefficient (Wildman–Crippen LogP) is 4.30. The monoisotopic (exact) mass is 408 g/mol. The number of carbonyl (C=O) groups is 2. The lowest BCUT2D eigenvalue weighted by Gasteiger charge is -2.13. The Kier molecular flexibility index (Phi) is 5.61. The van der Waals surface area contributed by atoms with Gasteiger partial charge in [0.25, 0.3) is 5.91 Å². The molecule has 0 saturated carbocycles. The van der Waals surface area contributed by atoms with Crippen LogP contribution in [-0.2, 0) is 22.4 Å². The summed E-state index contributed by atoms with van der Waals surface area (Å²) in [4.78, 5) is 23.9. The van der Waals surface area contributed by atoms with E-state index in [1.807, 2.05) is 12.1 Å². The minimum Gasteiger partial charge on any atom is -0.497 e. The third-order valence-corrected chi connectivity index (χ3v) is 5.11. The van der Waals surface area contributed by atoms with E-state index in [-0.39, 0.29) is 18.4 Å². The van der Waals surface area contributed by atoms with Gasteiger partial charge in [-0.05, 0) is 49.6 Å². The maximum atomic E-state index is 12.5. The zero-order valence-corrected chi connectivity index (χ0v) is 17.0. The molecule has 0 fully saturated rings. The number of hydrogen-bond acceptors (Lipinski definition) is 5. The van der Waals surface area contributed by atoms with Gasteiger partial charge in [0, 0.05) is 30.4 Å². The van der Waals surface area contributed by atoms with Crippen molar-refractivity contribution in [2.45, 2.75) is 32.6 Å². The van der Waals surface area contributed by atoms with E-state index in [2.05, 4.69) is 10.6 Å². The van der Waals surface area contributed by atoms with E-state index in [0.717, 1.165) is 42.4 Å². The summed E-state index contributed by atoms with van der Waals surface area (Å²) < 4.78 is 16.8. The number of furan rings is 1. The topological polar surface area (TPSA) is 89.8 Å². The summed E-state index contributed by atoms with van der Waals surface area (Å²) in [5, 5.41) is 6.51. The van der Waals surface area contributed by atoms with Crippen molar-refractivity contribution in [1.82, 2.24) is 0 Å². The average molecular weight is 408 g/mol. The summed E-state index contributed by atoms with van der Waals surface area (Å²) in [5.41, 5.74) is 3.04.